The third kappa shape index (κ3) is 3.88. The molecule has 2 aliphatic rings. The topological polar surface area (TPSA) is 49.9 Å². The van der Waals surface area contributed by atoms with Crippen LogP contribution in [0.5, 0.6) is 5.75 Å². The van der Waals surface area contributed by atoms with Gasteiger partial charge in [-0.15, -0.1) is 11.3 Å². The molecule has 1 aromatic carbocycles. The van der Waals surface area contributed by atoms with Crippen molar-refractivity contribution >= 4 is 34.4 Å². The summed E-state index contributed by atoms with van der Waals surface area (Å²) < 4.78 is 5.70. The Kier molecular flexibility index (Phi) is 5.69. The lowest BCUT2D eigenvalue weighted by Gasteiger charge is -2.37. The number of benzene rings is 1. The first kappa shape index (κ1) is 20.7. The first-order valence-electron chi connectivity index (χ1n) is 10.5. The summed E-state index contributed by atoms with van der Waals surface area (Å²) in [5, 5.41) is 1.94. The maximum Gasteiger partial charge on any atom is 0.282 e. The maximum atomic E-state index is 13.6. The number of carbonyl (C=O) groups excluding carboxylic acids is 2. The van der Waals surface area contributed by atoms with Gasteiger partial charge < -0.3 is 9.64 Å². The Morgan fingerprint density at radius 3 is 2.23 bits per heavy atom. The summed E-state index contributed by atoms with van der Waals surface area (Å²) in [7, 11) is 0. The second-order valence-corrected chi connectivity index (χ2v) is 9.61. The van der Waals surface area contributed by atoms with Gasteiger partial charge in [0.1, 0.15) is 11.4 Å². The van der Waals surface area contributed by atoms with Crippen molar-refractivity contribution < 1.29 is 14.3 Å². The Hall–Kier alpha value is -2.60. The number of thiophene rings is 1. The zero-order valence-electron chi connectivity index (χ0n) is 17.9. The molecule has 0 N–H and O–H groups in total. The first-order valence-corrected chi connectivity index (χ1v) is 11.4. The normalized spacial score (nSPS) is 22.4. The number of hydrogen-bond acceptors (Lipinski definition) is 5. The molecule has 6 heteroatoms. The summed E-state index contributed by atoms with van der Waals surface area (Å²) in [6.45, 7) is 9.93. The standard InChI is InChI=1S/C24H28N2O3S/c1-15(2)29-19-9-7-18(8-10-19)26-23(27)21(20-6-5-11-30-20)22(24(26)28)25-13-16(3)12-17(4)14-25/h5-11,15-17H,12-14H2,1-4H3. The molecule has 1 fully saturated rings. The molecule has 3 heterocycles. The minimum atomic E-state index is -0.249. The van der Waals surface area contributed by atoms with Crippen molar-refractivity contribution in [3.8, 4) is 5.75 Å². The summed E-state index contributed by atoms with van der Waals surface area (Å²) in [5.41, 5.74) is 1.64. The van der Waals surface area contributed by atoms with E-state index in [1.54, 1.807) is 12.1 Å². The molecule has 2 amide bonds. The molecule has 30 heavy (non-hydrogen) atoms. The van der Waals surface area contributed by atoms with Crippen LogP contribution in [-0.2, 0) is 9.59 Å². The lowest BCUT2D eigenvalue weighted by Crippen LogP contribution is -2.42. The van der Waals surface area contributed by atoms with E-state index < -0.39 is 0 Å². The van der Waals surface area contributed by atoms with Gasteiger partial charge in [-0.2, -0.15) is 0 Å². The summed E-state index contributed by atoms with van der Waals surface area (Å²) in [6.07, 6.45) is 1.20. The molecule has 2 atom stereocenters. The Labute approximate surface area is 181 Å². The number of likely N-dealkylation sites (tertiary alicyclic amines) is 1. The summed E-state index contributed by atoms with van der Waals surface area (Å²) in [6, 6.07) is 11.0. The smallest absolute Gasteiger partial charge is 0.282 e. The predicted molar refractivity (Wildman–Crippen MR) is 120 cm³/mol. The lowest BCUT2D eigenvalue weighted by molar-refractivity contribution is -0.120. The predicted octanol–water partition coefficient (Wildman–Crippen LogP) is 4.80. The number of hydrogen-bond donors (Lipinski definition) is 0. The molecular formula is C24H28N2O3S. The summed E-state index contributed by atoms with van der Waals surface area (Å²) >= 11 is 1.50. The van der Waals surface area contributed by atoms with Crippen LogP contribution in [0, 0.1) is 11.8 Å². The first-order chi connectivity index (χ1) is 14.3. The van der Waals surface area contributed by atoms with Gasteiger partial charge in [0, 0.05) is 18.0 Å². The molecule has 0 radical (unpaired) electrons. The quantitative estimate of drug-likeness (QED) is 0.647. The van der Waals surface area contributed by atoms with Crippen LogP contribution in [-0.4, -0.2) is 35.9 Å². The highest BCUT2D eigenvalue weighted by molar-refractivity contribution is 7.11. The van der Waals surface area contributed by atoms with Gasteiger partial charge in [-0.25, -0.2) is 4.90 Å². The molecule has 1 aromatic heterocycles. The molecule has 0 bridgehead atoms. The van der Waals surface area contributed by atoms with E-state index in [1.165, 1.54) is 16.2 Å². The van der Waals surface area contributed by atoms with Gasteiger partial charge in [-0.05, 0) is 67.8 Å². The van der Waals surface area contributed by atoms with Gasteiger partial charge in [0.2, 0.25) is 0 Å². The summed E-state index contributed by atoms with van der Waals surface area (Å²) in [4.78, 5) is 31.4. The van der Waals surface area contributed by atoms with Crippen LogP contribution in [0.2, 0.25) is 0 Å². The minimum absolute atomic E-state index is 0.0627. The maximum absolute atomic E-state index is 13.6. The SMILES string of the molecule is CC1CC(C)CN(C2=C(c3cccs3)C(=O)N(c3ccc(OC(C)C)cc3)C2=O)C1. The molecule has 2 unspecified atom stereocenters. The lowest BCUT2D eigenvalue weighted by atomic mass is 9.91. The van der Waals surface area contributed by atoms with E-state index in [0.717, 1.165) is 30.1 Å². The molecule has 4 rings (SSSR count). The minimum Gasteiger partial charge on any atom is -0.491 e. The molecule has 0 saturated carbocycles. The average molecular weight is 425 g/mol. The van der Waals surface area contributed by atoms with Crippen molar-refractivity contribution in [3.05, 3.63) is 52.4 Å². The molecule has 5 nitrogen and oxygen atoms in total. The van der Waals surface area contributed by atoms with E-state index in [2.05, 4.69) is 18.7 Å². The fourth-order valence-electron chi connectivity index (χ4n) is 4.48. The van der Waals surface area contributed by atoms with Crippen molar-refractivity contribution in [3.63, 3.8) is 0 Å². The van der Waals surface area contributed by atoms with Crippen LogP contribution < -0.4 is 9.64 Å². The number of piperidine rings is 1. The zero-order chi connectivity index (χ0) is 21.4. The second-order valence-electron chi connectivity index (χ2n) is 8.66. The fourth-order valence-corrected chi connectivity index (χ4v) is 5.24. The largest absolute Gasteiger partial charge is 0.491 e. The van der Waals surface area contributed by atoms with Gasteiger partial charge in [0.15, 0.2) is 0 Å². The number of carbonyl (C=O) groups is 2. The second kappa shape index (κ2) is 8.26. The number of imide groups is 1. The molecule has 1 saturated heterocycles. The molecule has 0 aliphatic carbocycles. The van der Waals surface area contributed by atoms with Crippen molar-refractivity contribution in [1.82, 2.24) is 4.90 Å². The van der Waals surface area contributed by atoms with Crippen LogP contribution in [0.25, 0.3) is 5.57 Å². The highest BCUT2D eigenvalue weighted by atomic mass is 32.1. The van der Waals surface area contributed by atoms with Crippen LogP contribution in [0.15, 0.2) is 47.5 Å². The van der Waals surface area contributed by atoms with Crippen LogP contribution >= 0.6 is 11.3 Å². The monoisotopic (exact) mass is 424 g/mol. The van der Waals surface area contributed by atoms with Gasteiger partial charge in [0.05, 0.1) is 17.4 Å². The van der Waals surface area contributed by atoms with E-state index in [-0.39, 0.29) is 17.9 Å². The number of rotatable bonds is 5. The molecule has 0 spiro atoms. The average Bonchev–Trinajstić information content (AvgIpc) is 3.27. The highest BCUT2D eigenvalue weighted by Crippen LogP contribution is 2.38. The number of nitrogens with zero attached hydrogens (tertiary/aromatic N) is 2. The van der Waals surface area contributed by atoms with Gasteiger partial charge in [0.25, 0.3) is 11.8 Å². The van der Waals surface area contributed by atoms with Crippen LogP contribution in [0.1, 0.15) is 39.0 Å². The Morgan fingerprint density at radius 1 is 1.00 bits per heavy atom. The van der Waals surface area contributed by atoms with E-state index in [1.807, 2.05) is 43.5 Å². The molecular weight excluding hydrogens is 396 g/mol. The van der Waals surface area contributed by atoms with Crippen LogP contribution in [0.4, 0.5) is 5.69 Å². The van der Waals surface area contributed by atoms with Crippen LogP contribution in [0.3, 0.4) is 0 Å². The number of amides is 2. The number of anilines is 1. The Morgan fingerprint density at radius 2 is 1.67 bits per heavy atom. The Bertz CT molecular complexity index is 953. The third-order valence-corrected chi connectivity index (χ3v) is 6.37. The number of ether oxygens (including phenoxy) is 1. The Balaban J connectivity index is 1.72. The van der Waals surface area contributed by atoms with Gasteiger partial charge >= 0.3 is 0 Å². The van der Waals surface area contributed by atoms with E-state index in [9.17, 15) is 9.59 Å². The zero-order valence-corrected chi connectivity index (χ0v) is 18.7. The van der Waals surface area contributed by atoms with Crippen molar-refractivity contribution in [1.29, 1.82) is 0 Å². The molecule has 158 valence electrons. The van der Waals surface area contributed by atoms with E-state index in [0.29, 0.717) is 28.8 Å². The summed E-state index contributed by atoms with van der Waals surface area (Å²) in [5.74, 6) is 1.20. The van der Waals surface area contributed by atoms with Gasteiger partial charge in [-0.1, -0.05) is 19.9 Å². The van der Waals surface area contributed by atoms with E-state index in [4.69, 9.17) is 4.74 Å². The highest BCUT2D eigenvalue weighted by Gasteiger charge is 2.44. The fraction of sp³-hybridized carbons (Fsp3) is 0.417. The third-order valence-electron chi connectivity index (χ3n) is 5.48. The molecule has 2 aromatic rings. The van der Waals surface area contributed by atoms with E-state index >= 15 is 0 Å². The van der Waals surface area contributed by atoms with Crippen molar-refractivity contribution in [2.45, 2.75) is 40.2 Å². The van der Waals surface area contributed by atoms with Crippen molar-refractivity contribution in [2.75, 3.05) is 18.0 Å². The molecule has 2 aliphatic heterocycles. The van der Waals surface area contributed by atoms with Gasteiger partial charge in [-0.3, -0.25) is 9.59 Å². The van der Waals surface area contributed by atoms with Crippen molar-refractivity contribution in [2.24, 2.45) is 11.8 Å².